The maximum atomic E-state index is 13.4. The Balaban J connectivity index is 1.56. The van der Waals surface area contributed by atoms with Crippen LogP contribution >= 0.6 is 24.0 Å². The number of rotatable bonds is 7. The molecule has 22 heavy (non-hydrogen) atoms. The molecule has 0 bridgehead atoms. The second kappa shape index (κ2) is 9.38. The second-order valence-corrected chi connectivity index (χ2v) is 6.13. The zero-order valence-corrected chi connectivity index (χ0v) is 13.7. The summed E-state index contributed by atoms with van der Waals surface area (Å²) in [5.74, 6) is 1.53. The van der Waals surface area contributed by atoms with Crippen molar-refractivity contribution in [3.05, 3.63) is 60.2 Å². The van der Waals surface area contributed by atoms with E-state index in [9.17, 15) is 4.39 Å². The van der Waals surface area contributed by atoms with Gasteiger partial charge in [-0.2, -0.15) is 11.8 Å². The van der Waals surface area contributed by atoms with E-state index in [1.165, 1.54) is 6.07 Å². The number of halogens is 1. The summed E-state index contributed by atoms with van der Waals surface area (Å²) in [4.78, 5) is 4.01. The van der Waals surface area contributed by atoms with Crippen LogP contribution in [-0.4, -0.2) is 22.4 Å². The Bertz CT molecular complexity index is 593. The molecule has 0 fully saturated rings. The minimum Gasteiger partial charge on any atom is -0.362 e. The first-order valence-corrected chi connectivity index (χ1v) is 8.58. The normalized spacial score (nSPS) is 10.2. The summed E-state index contributed by atoms with van der Waals surface area (Å²) >= 11 is 6.92. The molecule has 0 radical (unpaired) electrons. The van der Waals surface area contributed by atoms with Crippen molar-refractivity contribution in [2.24, 2.45) is 0 Å². The standard InChI is InChI=1S/C16H18FN3S2/c17-15-7-2-1-5-13(15)12-22-10-4-9-19-16(21)20-14-6-3-8-18-11-14/h1-3,5-8,11H,4,9-10,12H2,(H2,19,20,21). The van der Waals surface area contributed by atoms with E-state index >= 15 is 0 Å². The predicted octanol–water partition coefficient (Wildman–Crippen LogP) is 3.83. The molecule has 116 valence electrons. The van der Waals surface area contributed by atoms with Crippen LogP contribution in [0.1, 0.15) is 12.0 Å². The van der Waals surface area contributed by atoms with Gasteiger partial charge in [0, 0.05) is 18.5 Å². The number of nitrogens with zero attached hydrogens (tertiary/aromatic N) is 1. The van der Waals surface area contributed by atoms with E-state index in [0.29, 0.717) is 10.9 Å². The van der Waals surface area contributed by atoms with Gasteiger partial charge in [-0.05, 0) is 48.2 Å². The summed E-state index contributed by atoms with van der Waals surface area (Å²) in [6.45, 7) is 0.788. The molecule has 0 aliphatic heterocycles. The summed E-state index contributed by atoms with van der Waals surface area (Å²) < 4.78 is 13.4. The van der Waals surface area contributed by atoms with Crippen molar-refractivity contribution in [1.29, 1.82) is 0 Å². The van der Waals surface area contributed by atoms with Gasteiger partial charge in [-0.1, -0.05) is 18.2 Å². The van der Waals surface area contributed by atoms with E-state index in [1.54, 1.807) is 30.2 Å². The molecule has 0 unspecified atom stereocenters. The number of thioether (sulfide) groups is 1. The number of anilines is 1. The van der Waals surface area contributed by atoms with E-state index in [-0.39, 0.29) is 5.82 Å². The molecular formula is C16H18FN3S2. The topological polar surface area (TPSA) is 37.0 Å². The Hall–Kier alpha value is -1.66. The van der Waals surface area contributed by atoms with Crippen molar-refractivity contribution in [2.45, 2.75) is 12.2 Å². The van der Waals surface area contributed by atoms with Gasteiger partial charge in [0.25, 0.3) is 0 Å². The van der Waals surface area contributed by atoms with Crippen LogP contribution < -0.4 is 10.6 Å². The number of nitrogens with one attached hydrogen (secondary N) is 2. The first kappa shape index (κ1) is 16.7. The van der Waals surface area contributed by atoms with Crippen LogP contribution in [0.25, 0.3) is 0 Å². The third-order valence-corrected chi connectivity index (χ3v) is 4.22. The molecule has 0 aliphatic rings. The number of hydrogen-bond donors (Lipinski definition) is 2. The van der Waals surface area contributed by atoms with Crippen LogP contribution in [-0.2, 0) is 5.75 Å². The van der Waals surface area contributed by atoms with E-state index in [4.69, 9.17) is 12.2 Å². The average Bonchev–Trinajstić information content (AvgIpc) is 2.53. The molecule has 2 N–H and O–H groups in total. The lowest BCUT2D eigenvalue weighted by Gasteiger charge is -2.10. The molecule has 0 saturated carbocycles. The van der Waals surface area contributed by atoms with Crippen LogP contribution in [0.3, 0.4) is 0 Å². The molecule has 0 saturated heterocycles. The fourth-order valence-corrected chi connectivity index (χ4v) is 2.95. The van der Waals surface area contributed by atoms with Crippen LogP contribution in [0.2, 0.25) is 0 Å². The van der Waals surface area contributed by atoms with Gasteiger partial charge < -0.3 is 10.6 Å². The number of aromatic nitrogens is 1. The molecule has 2 rings (SSSR count). The molecule has 0 spiro atoms. The van der Waals surface area contributed by atoms with Gasteiger partial charge in [0.2, 0.25) is 0 Å². The summed E-state index contributed by atoms with van der Waals surface area (Å²) in [6.07, 6.45) is 4.40. The Labute approximate surface area is 139 Å². The Kier molecular flexibility index (Phi) is 7.12. The largest absolute Gasteiger partial charge is 0.362 e. The van der Waals surface area contributed by atoms with Gasteiger partial charge in [-0.25, -0.2) is 4.39 Å². The third-order valence-electron chi connectivity index (χ3n) is 2.89. The molecule has 3 nitrogen and oxygen atoms in total. The minimum atomic E-state index is -0.130. The van der Waals surface area contributed by atoms with Gasteiger partial charge in [0.05, 0.1) is 11.9 Å². The predicted molar refractivity (Wildman–Crippen MR) is 95.6 cm³/mol. The number of hydrogen-bond acceptors (Lipinski definition) is 3. The summed E-state index contributed by atoms with van der Waals surface area (Å²) in [5.41, 5.74) is 1.63. The van der Waals surface area contributed by atoms with Crippen molar-refractivity contribution in [3.8, 4) is 0 Å². The SMILES string of the molecule is Fc1ccccc1CSCCCNC(=S)Nc1cccnc1. The van der Waals surface area contributed by atoms with Crippen molar-refractivity contribution in [1.82, 2.24) is 10.3 Å². The fourth-order valence-electron chi connectivity index (χ4n) is 1.79. The van der Waals surface area contributed by atoms with E-state index in [1.807, 2.05) is 24.3 Å². The maximum Gasteiger partial charge on any atom is 0.170 e. The van der Waals surface area contributed by atoms with Crippen molar-refractivity contribution >= 4 is 34.8 Å². The summed E-state index contributed by atoms with van der Waals surface area (Å²) in [6, 6.07) is 10.7. The first-order valence-electron chi connectivity index (χ1n) is 7.02. The zero-order valence-electron chi connectivity index (χ0n) is 12.1. The Morgan fingerprint density at radius 2 is 2.09 bits per heavy atom. The monoisotopic (exact) mass is 335 g/mol. The number of pyridine rings is 1. The number of benzene rings is 1. The van der Waals surface area contributed by atoms with Crippen molar-refractivity contribution in [3.63, 3.8) is 0 Å². The van der Waals surface area contributed by atoms with Gasteiger partial charge in [-0.15, -0.1) is 0 Å². The summed E-state index contributed by atoms with van der Waals surface area (Å²) in [7, 11) is 0. The van der Waals surface area contributed by atoms with Crippen molar-refractivity contribution in [2.75, 3.05) is 17.6 Å². The van der Waals surface area contributed by atoms with Crippen LogP contribution in [0.15, 0.2) is 48.8 Å². The second-order valence-electron chi connectivity index (χ2n) is 4.62. The fraction of sp³-hybridized carbons (Fsp3) is 0.250. The van der Waals surface area contributed by atoms with Gasteiger partial charge in [0.15, 0.2) is 5.11 Å². The summed E-state index contributed by atoms with van der Waals surface area (Å²) in [5, 5.41) is 6.80. The van der Waals surface area contributed by atoms with Gasteiger partial charge >= 0.3 is 0 Å². The Morgan fingerprint density at radius 1 is 1.23 bits per heavy atom. The highest BCUT2D eigenvalue weighted by Gasteiger charge is 2.01. The molecule has 0 atom stereocenters. The van der Waals surface area contributed by atoms with Crippen LogP contribution in [0.4, 0.5) is 10.1 Å². The molecule has 0 aliphatic carbocycles. The minimum absolute atomic E-state index is 0.130. The highest BCUT2D eigenvalue weighted by atomic mass is 32.2. The molecule has 1 heterocycles. The molecule has 1 aromatic heterocycles. The maximum absolute atomic E-state index is 13.4. The first-order chi connectivity index (χ1) is 10.8. The quantitative estimate of drug-likeness (QED) is 0.594. The smallest absolute Gasteiger partial charge is 0.170 e. The van der Waals surface area contributed by atoms with Gasteiger partial charge in [-0.3, -0.25) is 4.98 Å². The lowest BCUT2D eigenvalue weighted by atomic mass is 10.2. The average molecular weight is 335 g/mol. The highest BCUT2D eigenvalue weighted by molar-refractivity contribution is 7.98. The van der Waals surface area contributed by atoms with Crippen LogP contribution in [0.5, 0.6) is 0 Å². The lowest BCUT2D eigenvalue weighted by molar-refractivity contribution is 0.617. The highest BCUT2D eigenvalue weighted by Crippen LogP contribution is 2.15. The lowest BCUT2D eigenvalue weighted by Crippen LogP contribution is -2.29. The molecule has 0 amide bonds. The Morgan fingerprint density at radius 3 is 2.86 bits per heavy atom. The molecule has 6 heteroatoms. The zero-order chi connectivity index (χ0) is 15.6. The molecular weight excluding hydrogens is 317 g/mol. The van der Waals surface area contributed by atoms with Crippen LogP contribution in [0, 0.1) is 5.82 Å². The molecule has 1 aromatic carbocycles. The van der Waals surface area contributed by atoms with E-state index < -0.39 is 0 Å². The van der Waals surface area contributed by atoms with E-state index in [2.05, 4.69) is 15.6 Å². The number of thiocarbonyl (C=S) groups is 1. The third kappa shape index (κ3) is 5.99. The van der Waals surface area contributed by atoms with E-state index in [0.717, 1.165) is 30.0 Å². The van der Waals surface area contributed by atoms with Gasteiger partial charge in [0.1, 0.15) is 5.82 Å². The van der Waals surface area contributed by atoms with Crippen molar-refractivity contribution < 1.29 is 4.39 Å². The molecule has 2 aromatic rings.